The van der Waals surface area contributed by atoms with Crippen molar-refractivity contribution in [3.63, 3.8) is 0 Å². The van der Waals surface area contributed by atoms with Crippen molar-refractivity contribution < 1.29 is 9.53 Å². The third kappa shape index (κ3) is 11.3. The van der Waals surface area contributed by atoms with Crippen molar-refractivity contribution in [2.24, 2.45) is 0 Å². The first-order valence-corrected chi connectivity index (χ1v) is 17.4. The Morgan fingerprint density at radius 3 is 2.27 bits per heavy atom. The largest absolute Gasteiger partial charge is 0.398 e. The van der Waals surface area contributed by atoms with Crippen LogP contribution in [-0.2, 0) is 9.53 Å². The SMILES string of the molecule is C#C.C=CN1CCC(c2cc3ccccc3[nH]c2=O)CC1.COCC(=O)N1CCC(N2CCCCC2)CC1.Cc1cc(C)c(N)c(C=N)c1. The minimum Gasteiger partial charge on any atom is -0.398 e. The van der Waals surface area contributed by atoms with Crippen molar-refractivity contribution >= 4 is 28.7 Å². The van der Waals surface area contributed by atoms with E-state index in [0.717, 1.165) is 85.0 Å². The Labute approximate surface area is 293 Å². The van der Waals surface area contributed by atoms with E-state index in [9.17, 15) is 9.59 Å². The maximum absolute atomic E-state index is 12.2. The molecule has 3 saturated heterocycles. The predicted octanol–water partition coefficient (Wildman–Crippen LogP) is 6.09. The van der Waals surface area contributed by atoms with E-state index in [0.29, 0.717) is 17.6 Å². The molecule has 0 atom stereocenters. The number of amides is 1. The third-order valence-electron chi connectivity index (χ3n) is 9.72. The highest BCUT2D eigenvalue weighted by Crippen LogP contribution is 2.27. The molecule has 6 rings (SSSR count). The molecule has 4 N–H and O–H groups in total. The molecule has 0 unspecified atom stereocenters. The van der Waals surface area contributed by atoms with E-state index in [2.05, 4.69) is 40.3 Å². The fourth-order valence-corrected chi connectivity index (χ4v) is 6.97. The summed E-state index contributed by atoms with van der Waals surface area (Å²) in [7, 11) is 1.58. The number of H-pyrrole nitrogens is 1. The maximum atomic E-state index is 12.2. The number of likely N-dealkylation sites (tertiary alicyclic amines) is 3. The zero-order chi connectivity index (χ0) is 35.8. The molecule has 1 aromatic heterocycles. The van der Waals surface area contributed by atoms with Gasteiger partial charge in [-0.3, -0.25) is 9.59 Å². The lowest BCUT2D eigenvalue weighted by Gasteiger charge is -2.40. The molecule has 3 aliphatic heterocycles. The number of benzene rings is 2. The molecule has 4 heterocycles. The number of aryl methyl sites for hydroxylation is 2. The van der Waals surface area contributed by atoms with Gasteiger partial charge in [-0.2, -0.15) is 0 Å². The molecule has 3 aromatic rings. The van der Waals surface area contributed by atoms with Gasteiger partial charge >= 0.3 is 0 Å². The number of nitrogens with two attached hydrogens (primary N) is 1. The van der Waals surface area contributed by atoms with Crippen molar-refractivity contribution in [1.82, 2.24) is 19.7 Å². The van der Waals surface area contributed by atoms with E-state index in [1.807, 2.05) is 61.3 Å². The molecular formula is C40H56N6O3. The number of ether oxygens (including phenoxy) is 1. The van der Waals surface area contributed by atoms with Gasteiger partial charge in [-0.1, -0.05) is 42.8 Å². The zero-order valence-electron chi connectivity index (χ0n) is 29.8. The predicted molar refractivity (Wildman–Crippen MR) is 203 cm³/mol. The lowest BCUT2D eigenvalue weighted by molar-refractivity contribution is -0.136. The summed E-state index contributed by atoms with van der Waals surface area (Å²) in [4.78, 5) is 33.6. The van der Waals surface area contributed by atoms with E-state index in [1.165, 1.54) is 38.6 Å². The van der Waals surface area contributed by atoms with Crippen LogP contribution in [0.3, 0.4) is 0 Å². The van der Waals surface area contributed by atoms with Crippen LogP contribution in [0.2, 0.25) is 0 Å². The van der Waals surface area contributed by atoms with E-state index in [-0.39, 0.29) is 18.1 Å². The summed E-state index contributed by atoms with van der Waals surface area (Å²) in [5, 5.41) is 8.19. The Morgan fingerprint density at radius 2 is 1.65 bits per heavy atom. The average molecular weight is 669 g/mol. The number of aromatic amines is 1. The molecule has 3 fully saturated rings. The summed E-state index contributed by atoms with van der Waals surface area (Å²) in [6.07, 6.45) is 19.6. The van der Waals surface area contributed by atoms with E-state index in [4.69, 9.17) is 15.9 Å². The molecule has 0 bridgehead atoms. The highest BCUT2D eigenvalue weighted by Gasteiger charge is 2.27. The first-order valence-electron chi connectivity index (χ1n) is 17.4. The topological polar surface area (TPSA) is 119 Å². The lowest BCUT2D eigenvalue weighted by Crippen LogP contribution is -2.48. The number of para-hydroxylation sites is 1. The van der Waals surface area contributed by atoms with Crippen molar-refractivity contribution in [3.05, 3.63) is 87.9 Å². The molecule has 264 valence electrons. The molecule has 1 amide bonds. The fraction of sp³-hybridized carbons (Fsp3) is 0.475. The number of terminal acetylenes is 1. The Balaban J connectivity index is 0.000000201. The quantitative estimate of drug-likeness (QED) is 0.166. The number of hydrogen-bond donors (Lipinski definition) is 3. The van der Waals surface area contributed by atoms with Crippen molar-refractivity contribution in [2.45, 2.75) is 70.8 Å². The van der Waals surface area contributed by atoms with E-state index < -0.39 is 0 Å². The number of rotatable bonds is 6. The summed E-state index contributed by atoms with van der Waals surface area (Å²) >= 11 is 0. The van der Waals surface area contributed by atoms with Crippen LogP contribution in [0.4, 0.5) is 5.69 Å². The van der Waals surface area contributed by atoms with Gasteiger partial charge < -0.3 is 35.6 Å². The molecule has 9 heteroatoms. The second-order valence-electron chi connectivity index (χ2n) is 13.0. The number of pyridine rings is 1. The van der Waals surface area contributed by atoms with Gasteiger partial charge in [-0.15, -0.1) is 12.8 Å². The smallest absolute Gasteiger partial charge is 0.251 e. The number of piperidine rings is 3. The van der Waals surface area contributed by atoms with E-state index >= 15 is 0 Å². The van der Waals surface area contributed by atoms with Crippen LogP contribution < -0.4 is 11.3 Å². The number of nitrogens with one attached hydrogen (secondary N) is 2. The molecular weight excluding hydrogens is 612 g/mol. The summed E-state index contributed by atoms with van der Waals surface area (Å²) in [5.41, 5.74) is 11.3. The monoisotopic (exact) mass is 668 g/mol. The van der Waals surface area contributed by atoms with Crippen molar-refractivity contribution in [2.75, 3.05) is 58.7 Å². The van der Waals surface area contributed by atoms with Crippen LogP contribution in [0.15, 0.2) is 60.0 Å². The van der Waals surface area contributed by atoms with Crippen LogP contribution >= 0.6 is 0 Å². The number of carbonyl (C=O) groups excluding carboxylic acids is 1. The molecule has 0 saturated carbocycles. The number of nitrogen functional groups attached to an aromatic ring is 1. The second kappa shape index (κ2) is 20.2. The van der Waals surface area contributed by atoms with Crippen LogP contribution in [0.1, 0.15) is 73.1 Å². The molecule has 49 heavy (non-hydrogen) atoms. The van der Waals surface area contributed by atoms with Crippen molar-refractivity contribution in [3.8, 4) is 12.8 Å². The Bertz CT molecular complexity index is 1580. The van der Waals surface area contributed by atoms with Gasteiger partial charge in [0, 0.05) is 67.9 Å². The number of nitrogens with zero attached hydrogens (tertiary/aromatic N) is 3. The normalized spacial score (nSPS) is 17.0. The van der Waals surface area contributed by atoms with Crippen LogP contribution in [0.25, 0.3) is 10.9 Å². The molecule has 3 aliphatic rings. The average Bonchev–Trinajstić information content (AvgIpc) is 3.15. The summed E-state index contributed by atoms with van der Waals surface area (Å²) in [5.74, 6) is 0.508. The summed E-state index contributed by atoms with van der Waals surface area (Å²) in [6, 6.07) is 14.6. The minimum absolute atomic E-state index is 0.0655. The van der Waals surface area contributed by atoms with Crippen LogP contribution in [-0.4, -0.2) is 90.8 Å². The minimum atomic E-state index is 0.0655. The van der Waals surface area contributed by atoms with Gasteiger partial charge in [-0.05, 0) is 107 Å². The number of carbonyl (C=O) groups is 1. The molecule has 0 radical (unpaired) electrons. The van der Waals surface area contributed by atoms with Gasteiger partial charge in [0.15, 0.2) is 0 Å². The Hall–Kier alpha value is -4.39. The zero-order valence-corrected chi connectivity index (χ0v) is 29.8. The fourth-order valence-electron chi connectivity index (χ4n) is 6.97. The second-order valence-corrected chi connectivity index (χ2v) is 13.0. The maximum Gasteiger partial charge on any atom is 0.251 e. The molecule has 0 spiro atoms. The number of anilines is 1. The molecule has 9 nitrogen and oxygen atoms in total. The summed E-state index contributed by atoms with van der Waals surface area (Å²) in [6.45, 7) is 14.3. The van der Waals surface area contributed by atoms with Gasteiger partial charge in [0.1, 0.15) is 6.61 Å². The van der Waals surface area contributed by atoms with Gasteiger partial charge in [-0.25, -0.2) is 0 Å². The number of aromatic nitrogens is 1. The summed E-state index contributed by atoms with van der Waals surface area (Å²) < 4.78 is 4.90. The third-order valence-corrected chi connectivity index (χ3v) is 9.72. The first-order chi connectivity index (χ1) is 23.7. The lowest BCUT2D eigenvalue weighted by atomic mass is 9.90. The molecule has 0 aliphatic carbocycles. The van der Waals surface area contributed by atoms with Gasteiger partial charge in [0.05, 0.1) is 0 Å². The first kappa shape index (κ1) is 39.1. The number of fused-ring (bicyclic) bond motifs is 1. The van der Waals surface area contributed by atoms with Crippen molar-refractivity contribution in [1.29, 1.82) is 5.41 Å². The van der Waals surface area contributed by atoms with Crippen LogP contribution in [0, 0.1) is 32.1 Å². The molecule has 2 aromatic carbocycles. The van der Waals surface area contributed by atoms with Gasteiger partial charge in [0.25, 0.3) is 5.56 Å². The van der Waals surface area contributed by atoms with Gasteiger partial charge in [0.2, 0.25) is 5.91 Å². The Morgan fingerprint density at radius 1 is 1.00 bits per heavy atom. The standard InChI is InChI=1S/C16H18N2O.C13H24N2O2.C9H12N2.C2H2/c1-2-18-9-7-12(8-10-18)14-11-13-5-3-4-6-15(13)17-16(14)19;1-17-11-13(16)15-9-5-12(6-10-15)14-7-3-2-4-8-14;1-6-3-7(2)9(11)8(4-6)5-10;1-2/h2-6,11-12H,1,7-10H2,(H,17,19);12H,2-11H2,1H3;3-5,10H,11H2,1-2H3;1-2H. The highest BCUT2D eigenvalue weighted by molar-refractivity contribution is 5.86. The number of methoxy groups -OCH3 is 1. The highest BCUT2D eigenvalue weighted by atomic mass is 16.5. The van der Waals surface area contributed by atoms with Crippen LogP contribution in [0.5, 0.6) is 0 Å². The number of hydrogen-bond acceptors (Lipinski definition) is 7. The Kier molecular flexibility index (Phi) is 16.1. The van der Waals surface area contributed by atoms with E-state index in [1.54, 1.807) is 7.11 Å².